The van der Waals surface area contributed by atoms with Gasteiger partial charge in [0.15, 0.2) is 0 Å². The van der Waals surface area contributed by atoms with Crippen LogP contribution in [0.15, 0.2) is 32.7 Å². The van der Waals surface area contributed by atoms with E-state index in [4.69, 9.17) is 4.98 Å². The van der Waals surface area contributed by atoms with E-state index in [1.54, 1.807) is 11.3 Å². The van der Waals surface area contributed by atoms with Crippen molar-refractivity contribution in [3.8, 4) is 16.5 Å². The van der Waals surface area contributed by atoms with Crippen molar-refractivity contribution in [1.82, 2.24) is 15.0 Å². The molecule has 4 heterocycles. The Morgan fingerprint density at radius 3 is 2.69 bits per heavy atom. The van der Waals surface area contributed by atoms with Crippen molar-refractivity contribution >= 4 is 44.7 Å². The Morgan fingerprint density at radius 1 is 1.21 bits per heavy atom. The zero-order valence-electron chi connectivity index (χ0n) is 16.4. The number of nitrogens with one attached hydrogen (secondary N) is 1. The van der Waals surface area contributed by atoms with Gasteiger partial charge in [-0.25, -0.2) is 9.97 Å². The molecule has 4 aromatic rings. The Morgan fingerprint density at radius 2 is 2.00 bits per heavy atom. The van der Waals surface area contributed by atoms with E-state index in [1.807, 2.05) is 50.6 Å². The van der Waals surface area contributed by atoms with E-state index >= 15 is 0 Å². The van der Waals surface area contributed by atoms with Crippen LogP contribution in [0, 0.1) is 32.1 Å². The van der Waals surface area contributed by atoms with E-state index in [1.165, 1.54) is 23.1 Å². The third-order valence-corrected chi connectivity index (χ3v) is 7.87. The predicted molar refractivity (Wildman–Crippen MR) is 121 cm³/mol. The summed E-state index contributed by atoms with van der Waals surface area (Å²) in [5.41, 5.74) is 4.28. The lowest BCUT2D eigenvalue weighted by atomic mass is 10.1. The van der Waals surface area contributed by atoms with Crippen molar-refractivity contribution in [2.45, 2.75) is 38.0 Å². The van der Waals surface area contributed by atoms with Crippen LogP contribution in [0.4, 0.5) is 0 Å². The highest BCUT2D eigenvalue weighted by molar-refractivity contribution is 7.99. The summed E-state index contributed by atoms with van der Waals surface area (Å²) in [6, 6.07) is 6.26. The maximum Gasteiger partial charge on any atom is 0.260 e. The topological polar surface area (TPSA) is 82.4 Å². The van der Waals surface area contributed by atoms with Crippen LogP contribution in [-0.2, 0) is 0 Å². The van der Waals surface area contributed by atoms with Gasteiger partial charge in [0.1, 0.15) is 21.7 Å². The zero-order chi connectivity index (χ0) is 20.7. The number of thioether (sulfide) groups is 1. The highest BCUT2D eigenvalue weighted by atomic mass is 32.2. The minimum atomic E-state index is -0.152. The molecule has 8 heteroatoms. The molecule has 1 N–H and O–H groups in total. The molecule has 1 atom stereocenters. The molecule has 1 unspecified atom stereocenters. The highest BCUT2D eigenvalue weighted by Crippen LogP contribution is 2.38. The fourth-order valence-electron chi connectivity index (χ4n) is 3.12. The van der Waals surface area contributed by atoms with Gasteiger partial charge >= 0.3 is 0 Å². The van der Waals surface area contributed by atoms with Gasteiger partial charge in [-0.3, -0.25) is 4.79 Å². The molecule has 0 fully saturated rings. The van der Waals surface area contributed by atoms with Gasteiger partial charge in [-0.15, -0.1) is 22.7 Å². The fraction of sp³-hybridized carbons (Fsp3) is 0.238. The van der Waals surface area contributed by atoms with Crippen molar-refractivity contribution in [1.29, 1.82) is 5.26 Å². The second-order valence-electron chi connectivity index (χ2n) is 6.76. The molecule has 5 nitrogen and oxygen atoms in total. The molecule has 0 saturated heterocycles. The first kappa shape index (κ1) is 19.8. The Labute approximate surface area is 180 Å². The van der Waals surface area contributed by atoms with Crippen molar-refractivity contribution in [3.63, 3.8) is 0 Å². The molecule has 4 rings (SSSR count). The molecule has 4 aromatic heterocycles. The SMILES string of the molecule is Cc1nc(SC(C)c2nc3scc(-c4cccs4)c3c(=O)[nH]2)c(C#N)c(C)c1C. The third-order valence-electron chi connectivity index (χ3n) is 5.00. The molecule has 0 aliphatic rings. The van der Waals surface area contributed by atoms with Gasteiger partial charge < -0.3 is 4.98 Å². The second kappa shape index (κ2) is 7.75. The first-order valence-corrected chi connectivity index (χ1v) is 11.6. The number of rotatable bonds is 4. The van der Waals surface area contributed by atoms with Gasteiger partial charge in [0, 0.05) is 21.5 Å². The molecule has 146 valence electrons. The number of thiophene rings is 2. The van der Waals surface area contributed by atoms with Crippen LogP contribution in [0.5, 0.6) is 0 Å². The van der Waals surface area contributed by atoms with E-state index < -0.39 is 0 Å². The molecular formula is C21H18N4OS3. The van der Waals surface area contributed by atoms with Gasteiger partial charge in [-0.1, -0.05) is 17.8 Å². The van der Waals surface area contributed by atoms with Crippen LogP contribution >= 0.6 is 34.4 Å². The Hall–Kier alpha value is -2.47. The largest absolute Gasteiger partial charge is 0.309 e. The number of H-pyrrole nitrogens is 1. The standard InChI is InChI=1S/C21H18N4OS3/c1-10-11(2)14(8-22)20(23-12(10)3)29-13(4)18-24-19(26)17-15(9-28-21(17)25-18)16-6-5-7-27-16/h5-7,9,13H,1-4H3,(H,24,25,26). The van der Waals surface area contributed by atoms with Gasteiger partial charge in [-0.2, -0.15) is 5.26 Å². The van der Waals surface area contributed by atoms with E-state index in [-0.39, 0.29) is 10.8 Å². The molecule has 0 saturated carbocycles. The predicted octanol–water partition coefficient (Wildman–Crippen LogP) is 5.76. The summed E-state index contributed by atoms with van der Waals surface area (Å²) in [5.74, 6) is 0.591. The minimum Gasteiger partial charge on any atom is -0.309 e. The number of aromatic nitrogens is 3. The number of hydrogen-bond donors (Lipinski definition) is 1. The first-order chi connectivity index (χ1) is 13.9. The van der Waals surface area contributed by atoms with E-state index in [9.17, 15) is 10.1 Å². The summed E-state index contributed by atoms with van der Waals surface area (Å²) in [4.78, 5) is 26.9. The lowest BCUT2D eigenvalue weighted by Gasteiger charge is -2.14. The summed E-state index contributed by atoms with van der Waals surface area (Å²) in [7, 11) is 0. The smallest absolute Gasteiger partial charge is 0.260 e. The number of nitriles is 1. The molecule has 0 aromatic carbocycles. The molecule has 0 aliphatic carbocycles. The summed E-state index contributed by atoms with van der Waals surface area (Å²) in [6.07, 6.45) is 0. The van der Waals surface area contributed by atoms with Crippen LogP contribution in [0.25, 0.3) is 20.7 Å². The third kappa shape index (κ3) is 3.50. The lowest BCUT2D eigenvalue weighted by Crippen LogP contribution is -2.12. The van der Waals surface area contributed by atoms with Crippen LogP contribution in [-0.4, -0.2) is 15.0 Å². The van der Waals surface area contributed by atoms with Gasteiger partial charge in [0.25, 0.3) is 5.56 Å². The van der Waals surface area contributed by atoms with Gasteiger partial charge in [0.05, 0.1) is 16.2 Å². The average Bonchev–Trinajstić information content (AvgIpc) is 3.36. The van der Waals surface area contributed by atoms with Crippen molar-refractivity contribution < 1.29 is 0 Å². The summed E-state index contributed by atoms with van der Waals surface area (Å²) in [6.45, 7) is 7.84. The Bertz CT molecular complexity index is 1310. The molecule has 0 radical (unpaired) electrons. The number of aryl methyl sites for hydroxylation is 1. The van der Waals surface area contributed by atoms with E-state index in [2.05, 4.69) is 16.0 Å². The van der Waals surface area contributed by atoms with Crippen LogP contribution in [0.2, 0.25) is 0 Å². The molecule has 0 bridgehead atoms. The van der Waals surface area contributed by atoms with Gasteiger partial charge in [0.2, 0.25) is 0 Å². The summed E-state index contributed by atoms with van der Waals surface area (Å²) < 4.78 is 0. The maximum atomic E-state index is 12.8. The average molecular weight is 439 g/mol. The second-order valence-corrected chi connectivity index (χ2v) is 9.89. The quantitative estimate of drug-likeness (QED) is 0.410. The number of pyridine rings is 1. The number of nitrogens with zero attached hydrogens (tertiary/aromatic N) is 3. The number of aromatic amines is 1. The highest BCUT2D eigenvalue weighted by Gasteiger charge is 2.20. The number of fused-ring (bicyclic) bond motifs is 1. The molecule has 29 heavy (non-hydrogen) atoms. The molecule has 0 aliphatic heterocycles. The van der Waals surface area contributed by atoms with E-state index in [0.717, 1.165) is 32.1 Å². The first-order valence-electron chi connectivity index (χ1n) is 9.00. The molecular weight excluding hydrogens is 420 g/mol. The Kier molecular flexibility index (Phi) is 5.30. The minimum absolute atomic E-state index is 0.133. The van der Waals surface area contributed by atoms with Crippen molar-refractivity contribution in [3.05, 3.63) is 61.5 Å². The lowest BCUT2D eigenvalue weighted by molar-refractivity contribution is 0.915. The zero-order valence-corrected chi connectivity index (χ0v) is 18.8. The van der Waals surface area contributed by atoms with Crippen LogP contribution in [0.1, 0.15) is 40.4 Å². The van der Waals surface area contributed by atoms with Crippen molar-refractivity contribution in [2.75, 3.05) is 0 Å². The van der Waals surface area contributed by atoms with Crippen molar-refractivity contribution in [2.24, 2.45) is 0 Å². The normalized spacial score (nSPS) is 12.2. The monoisotopic (exact) mass is 438 g/mol. The Balaban J connectivity index is 1.73. The fourth-order valence-corrected chi connectivity index (χ4v) is 5.96. The van der Waals surface area contributed by atoms with E-state index in [0.29, 0.717) is 21.8 Å². The van der Waals surface area contributed by atoms with Gasteiger partial charge in [-0.05, 0) is 50.3 Å². The van der Waals surface area contributed by atoms with Crippen LogP contribution < -0.4 is 5.56 Å². The van der Waals surface area contributed by atoms with Crippen LogP contribution in [0.3, 0.4) is 0 Å². The molecule has 0 spiro atoms. The molecule has 0 amide bonds. The number of hydrogen-bond acceptors (Lipinski definition) is 7. The summed E-state index contributed by atoms with van der Waals surface area (Å²) >= 11 is 4.53. The maximum absolute atomic E-state index is 12.8. The summed E-state index contributed by atoms with van der Waals surface area (Å²) in [5, 5.41) is 14.7.